The van der Waals surface area contributed by atoms with Gasteiger partial charge in [0.25, 0.3) is 0 Å². The Morgan fingerprint density at radius 3 is 0.272 bits per heavy atom. The Kier molecular flexibility index (Phi) is 48.2. The summed E-state index contributed by atoms with van der Waals surface area (Å²) in [5.41, 5.74) is 38.5. The zero-order valence-corrected chi connectivity index (χ0v) is 90.1. The largest absolute Gasteiger partial charge is 1.00 e. The van der Waals surface area contributed by atoms with Crippen molar-refractivity contribution in [1.29, 1.82) is 0 Å². The Morgan fingerprint density at radius 1 is 0.132 bits per heavy atom. The molecule has 16 heteroatoms. The number of nitrogens with one attached hydrogen (secondary N) is 8. The van der Waals surface area contributed by atoms with Gasteiger partial charge in [-0.1, -0.05) is 461 Å². The van der Waals surface area contributed by atoms with Gasteiger partial charge in [0.1, 0.15) is 0 Å². The molecule has 136 heavy (non-hydrogen) atoms. The first-order valence-corrected chi connectivity index (χ1v) is 49.1. The molecule has 12 nitrogen and oxygen atoms in total. The molecule has 0 fully saturated rings. The van der Waals surface area contributed by atoms with E-state index in [-0.39, 0.29) is 75.4 Å². The molecule has 4 heterocycles. The molecule has 0 bridgehead atoms. The minimum absolute atomic E-state index is 0. The maximum atomic E-state index is 4.80. The zero-order valence-electron chi connectivity index (χ0n) is 90.1. The first-order chi connectivity index (χ1) is 62.7. The average molecular weight is 1800 g/mol. The number of para-hydroxylation sites is 8. The Hall–Kier alpha value is -9.37. The normalized spacial score (nSPS) is 12.1. The monoisotopic (exact) mass is 1800 g/mol. The fourth-order valence-electron chi connectivity index (χ4n) is 17.1. The van der Waals surface area contributed by atoms with E-state index in [1.165, 1.54) is 135 Å². The van der Waals surface area contributed by atoms with E-state index in [1.807, 2.05) is 49.7 Å². The fraction of sp³-hybridized carbons (Fsp3) is 0.400. The molecular weight excluding hydrogens is 1640 g/mol. The number of nitrogens with zero attached hydrogens (tertiary/aromatic N) is 4. The van der Waals surface area contributed by atoms with Crippen LogP contribution in [0.4, 0.5) is 45.5 Å². The fourth-order valence-corrected chi connectivity index (χ4v) is 17.1. The quantitative estimate of drug-likeness (QED) is 0.0165. The molecule has 0 aliphatic heterocycles. The Morgan fingerprint density at radius 2 is 0.206 bits per heavy atom. The van der Waals surface area contributed by atoms with Crippen LogP contribution in [0.25, 0.3) is 0 Å². The van der Waals surface area contributed by atoms with E-state index >= 15 is 0 Å². The van der Waals surface area contributed by atoms with Gasteiger partial charge in [-0.2, -0.15) is 0 Å². The molecule has 8 aromatic carbocycles. The predicted molar refractivity (Wildman–Crippen MR) is 562 cm³/mol. The van der Waals surface area contributed by atoms with Crippen LogP contribution in [0.3, 0.4) is 0 Å². The van der Waals surface area contributed by atoms with Crippen molar-refractivity contribution in [3.05, 3.63) is 329 Å². The van der Waals surface area contributed by atoms with Crippen LogP contribution in [0.5, 0.6) is 0 Å². The Balaban J connectivity index is 0.000000317. The molecule has 0 saturated carbocycles. The van der Waals surface area contributed by atoms with Crippen LogP contribution in [-0.4, -0.2) is 49.7 Å². The molecule has 8 N–H and O–H groups in total. The molecule has 12 aromatic rings. The third-order valence-electron chi connectivity index (χ3n) is 24.6. The molecule has 0 radical (unpaired) electrons. The smallest absolute Gasteiger partial charge is 0.648 e. The minimum Gasteiger partial charge on any atom is -0.648 e. The van der Waals surface area contributed by atoms with E-state index in [2.05, 4.69) is 456 Å². The molecule has 0 aliphatic rings. The van der Waals surface area contributed by atoms with Gasteiger partial charge in [0, 0.05) is 89.0 Å². The summed E-state index contributed by atoms with van der Waals surface area (Å²) in [5.74, 6) is 7.28. The van der Waals surface area contributed by atoms with Gasteiger partial charge < -0.3 is 19.9 Å². The van der Waals surface area contributed by atoms with Crippen LogP contribution >= 0.6 is 0 Å². The van der Waals surface area contributed by atoms with Crippen LogP contribution in [0.1, 0.15) is 451 Å². The number of hydrogen-bond acceptors (Lipinski definition) is 0. The third-order valence-corrected chi connectivity index (χ3v) is 24.6. The van der Waals surface area contributed by atoms with Crippen molar-refractivity contribution in [1.82, 2.24) is 19.9 Å². The second-order valence-corrected chi connectivity index (χ2v) is 40.5. The van der Waals surface area contributed by atoms with Gasteiger partial charge in [0.05, 0.1) is 0 Å². The number of aromatic nitrogens is 4. The van der Waals surface area contributed by atoms with Crippen LogP contribution in [0.2, 0.25) is 0 Å². The molecule has 4 aromatic heterocycles. The van der Waals surface area contributed by atoms with E-state index in [4.69, 9.17) is 19.9 Å². The summed E-state index contributed by atoms with van der Waals surface area (Å²) in [4.78, 5) is 47.8. The van der Waals surface area contributed by atoms with Gasteiger partial charge in [-0.05, 0) is 94.7 Å². The second-order valence-electron chi connectivity index (χ2n) is 40.5. The summed E-state index contributed by atoms with van der Waals surface area (Å²) in [6.07, 6.45) is 16.2. The van der Waals surface area contributed by atoms with E-state index < -0.39 is 0 Å². The van der Waals surface area contributed by atoms with Gasteiger partial charge in [0.2, 0.25) is 45.5 Å². The summed E-state index contributed by atoms with van der Waals surface area (Å²) in [7, 11) is 0. The summed E-state index contributed by atoms with van der Waals surface area (Å²) in [6, 6.07) is 69.2. The molecule has 0 aliphatic carbocycles. The standard InChI is InChI=1S/4C30H38N3.4Li/c4*1-19(2)25-11-9-12-26(20(3)4)29(25)31-17-23-15-16-24(33-23)18-32-30-27(21(5)6)13-10-14-28(30)22(7)8;;;;/h4*9-22H,1-8H3;;;;/q4*-1;4*+1/p+8. The van der Waals surface area contributed by atoms with E-state index in [9.17, 15) is 0 Å². The molecule has 696 valence electrons. The van der Waals surface area contributed by atoms with Gasteiger partial charge in [-0.3, -0.25) is 0 Å². The van der Waals surface area contributed by atoms with Crippen molar-refractivity contribution < 1.29 is 115 Å². The molecule has 0 atom stereocenters. The van der Waals surface area contributed by atoms with E-state index in [0.29, 0.717) is 94.7 Å². The van der Waals surface area contributed by atoms with Crippen molar-refractivity contribution >= 4 is 95.2 Å². The first-order valence-electron chi connectivity index (χ1n) is 49.1. The predicted octanol–water partition coefficient (Wildman–Crippen LogP) is 7.22. The maximum Gasteiger partial charge on any atom is 1.00 e. The van der Waals surface area contributed by atoms with Gasteiger partial charge in [-0.25, -0.2) is 39.9 Å². The number of hydrogen-bond donors (Lipinski definition) is 8. The summed E-state index contributed by atoms with van der Waals surface area (Å²) in [5, 5.41) is 0. The van der Waals surface area contributed by atoms with Crippen LogP contribution in [0, 0.1) is 0 Å². The van der Waals surface area contributed by atoms with Gasteiger partial charge in [-0.15, -0.1) is 0 Å². The van der Waals surface area contributed by atoms with Crippen LogP contribution in [-0.2, 0) is 0 Å². The molecular formula is C120H160Li4N12+8. The molecule has 0 saturated heterocycles. The van der Waals surface area contributed by atoms with Crippen LogP contribution in [0.15, 0.2) is 194 Å². The second kappa shape index (κ2) is 56.0. The average Bonchev–Trinajstić information content (AvgIpc) is 1.50. The van der Waals surface area contributed by atoms with Crippen molar-refractivity contribution in [3.8, 4) is 0 Å². The topological polar surface area (TPSA) is 168 Å². The van der Waals surface area contributed by atoms with E-state index in [0.717, 1.165) is 45.6 Å². The van der Waals surface area contributed by atoms with Gasteiger partial charge in [0.15, 0.2) is 49.7 Å². The Labute approximate surface area is 868 Å². The summed E-state index contributed by atoms with van der Waals surface area (Å²) >= 11 is 0. The van der Waals surface area contributed by atoms with Crippen molar-refractivity contribution in [2.45, 2.75) is 316 Å². The molecule has 12 rings (SSSR count). The molecule has 0 spiro atoms. The zero-order chi connectivity index (χ0) is 96.5. The summed E-state index contributed by atoms with van der Waals surface area (Å²) in [6.45, 7) is 71.7. The minimum atomic E-state index is 0. The number of rotatable bonds is 32. The Bertz CT molecular complexity index is 4700. The van der Waals surface area contributed by atoms with Crippen molar-refractivity contribution in [2.24, 2.45) is 0 Å². The van der Waals surface area contributed by atoms with E-state index in [1.54, 1.807) is 0 Å². The van der Waals surface area contributed by atoms with Crippen LogP contribution < -0.4 is 135 Å². The SMILES string of the molecule is CC(C)c1cccc(C(C)C)c1[NH+]=Cc1ccc(C=[NH+]c2c(C(C)C)cccc2C(C)C)[n-]1.CC(C)c1cccc(C(C)C)c1[NH+]=Cc1ccc(C=[NH+]c2c(C(C)C)cccc2C(C)C)[n-]1.CC(C)c1cccc(C(C)C)c1[NH+]=Cc1ccc(C=[NH+]c2c(C(C)C)cccc2C(C)C)[n-]1.CC(C)c1cccc(C(C)C)c1[NH+]=Cc1ccc(C=[NH+]c2c(C(C)C)cccc2C(C)C)[n-]1.[Li+].[Li+].[Li+].[Li+]. The number of benzene rings is 8. The summed E-state index contributed by atoms with van der Waals surface area (Å²) < 4.78 is 0. The maximum absolute atomic E-state index is 4.80. The van der Waals surface area contributed by atoms with Gasteiger partial charge >= 0.3 is 75.4 Å². The molecule has 0 amide bonds. The van der Waals surface area contributed by atoms with Crippen molar-refractivity contribution in [3.63, 3.8) is 0 Å². The third kappa shape index (κ3) is 32.4. The first kappa shape index (κ1) is 117. The molecule has 0 unspecified atom stereocenters. The van der Waals surface area contributed by atoms with Crippen molar-refractivity contribution in [2.75, 3.05) is 0 Å².